The number of phenols is 1. The minimum absolute atomic E-state index is 0.00470. The molecule has 0 saturated heterocycles. The fraction of sp³-hybridized carbons (Fsp3) is 0.576. The average Bonchev–Trinajstić information content (AvgIpc) is 1.40. The van der Waals surface area contributed by atoms with Gasteiger partial charge in [-0.3, -0.25) is 37.5 Å². The van der Waals surface area contributed by atoms with Gasteiger partial charge in [0.2, 0.25) is 5.91 Å². The molecule has 0 spiro atoms. The monoisotopic (exact) mass is 1200 g/mol. The summed E-state index contributed by atoms with van der Waals surface area (Å²) < 4.78 is 46.7. The molecule has 4 N–H and O–H groups in total. The number of Topliss-reactive ketones (excluding diaryl/α,β-unsaturated/α-hetero) is 1. The Hall–Kier alpha value is -5.71. The summed E-state index contributed by atoms with van der Waals surface area (Å²) in [4.78, 5) is 62.8. The number of phenolic OH excluding ortho intramolecular Hbond substituents is 1. The van der Waals surface area contributed by atoms with Crippen LogP contribution in [0.3, 0.4) is 0 Å². The number of ketones is 1. The number of phosphoric ester groups is 1. The van der Waals surface area contributed by atoms with Gasteiger partial charge in [0, 0.05) is 86.6 Å². The van der Waals surface area contributed by atoms with Crippen LogP contribution in [-0.4, -0.2) is 80.0 Å². The van der Waals surface area contributed by atoms with Crippen LogP contribution in [0.25, 0.3) is 33.4 Å². The van der Waals surface area contributed by atoms with Crippen LogP contribution < -0.4 is 21.4 Å². The Kier molecular flexibility index (Phi) is 36.2. The smallest absolute Gasteiger partial charge is 0.474 e. The van der Waals surface area contributed by atoms with E-state index in [-0.39, 0.29) is 68.4 Å². The molecule has 0 saturated carbocycles. The van der Waals surface area contributed by atoms with E-state index in [4.69, 9.17) is 39.7 Å². The van der Waals surface area contributed by atoms with Crippen LogP contribution >= 0.6 is 20.0 Å². The lowest BCUT2D eigenvalue weighted by Gasteiger charge is -2.21. The van der Waals surface area contributed by atoms with Crippen molar-refractivity contribution in [3.8, 4) is 28.2 Å². The van der Waals surface area contributed by atoms with E-state index >= 15 is 0 Å². The highest BCUT2D eigenvalue weighted by atomic mass is 32.1. The average molecular weight is 1200 g/mol. The van der Waals surface area contributed by atoms with Crippen molar-refractivity contribution in [2.75, 3.05) is 45.3 Å². The number of anilines is 1. The molecule has 2 aromatic rings. The van der Waals surface area contributed by atoms with Crippen molar-refractivity contribution in [3.05, 3.63) is 95.2 Å². The largest absolute Gasteiger partial charge is 0.508 e. The molecular weight excluding hydrogens is 1110 g/mol. The van der Waals surface area contributed by atoms with E-state index in [0.717, 1.165) is 124 Å². The number of allylic oxidation sites excluding steroid dienone is 4. The standard InChI is InChI=1S/C66H96N3O13PS/c1-4-6-8-10-12-14-16-18-20-22-25-35-63(74)78-50-57(81-64(75)36-26-23-21-19-17-15-13-11-9-7-5-2)51-80-83(76,77-3)79-47-31-33-54(70)32-27-28-34-62(73)67-45-29-24-30-46-68-66(84)69-53-39-37-52(38-40-53)65-58-43-41-55(71)48-60(58)82-61-49-56(72)42-44-59(61)65/h10-13,37-44,48-49,57,71H,4-9,14-36,45-47,50-51H2,1-3H3,(H,67,73)(H2,68,69,84)/b12-10+,13-11+. The zero-order valence-electron chi connectivity index (χ0n) is 50.4. The summed E-state index contributed by atoms with van der Waals surface area (Å²) in [6.45, 7) is 4.87. The van der Waals surface area contributed by atoms with Crippen molar-refractivity contribution in [1.29, 1.82) is 0 Å². The van der Waals surface area contributed by atoms with Crippen LogP contribution in [0.2, 0.25) is 0 Å². The number of esters is 2. The van der Waals surface area contributed by atoms with Crippen molar-refractivity contribution in [2.24, 2.45) is 0 Å². The van der Waals surface area contributed by atoms with Gasteiger partial charge < -0.3 is 34.9 Å². The van der Waals surface area contributed by atoms with Crippen LogP contribution in [-0.2, 0) is 46.8 Å². The third-order valence-electron chi connectivity index (χ3n) is 14.2. The van der Waals surface area contributed by atoms with Gasteiger partial charge in [-0.15, -0.1) is 0 Å². The lowest BCUT2D eigenvalue weighted by molar-refractivity contribution is -0.161. The maximum Gasteiger partial charge on any atom is 0.474 e. The Balaban J connectivity index is 1.05. The molecule has 1 heterocycles. The van der Waals surface area contributed by atoms with Crippen molar-refractivity contribution >= 4 is 65.4 Å². The van der Waals surface area contributed by atoms with Crippen LogP contribution in [0.15, 0.2) is 94.2 Å². The first-order valence-corrected chi connectivity index (χ1v) is 32.9. The Labute approximate surface area is 505 Å². The van der Waals surface area contributed by atoms with E-state index in [1.54, 1.807) is 18.2 Å². The molecule has 0 radical (unpaired) electrons. The first-order valence-electron chi connectivity index (χ1n) is 31.1. The van der Waals surface area contributed by atoms with Gasteiger partial charge in [0.05, 0.1) is 13.2 Å². The summed E-state index contributed by atoms with van der Waals surface area (Å²) in [5, 5.41) is 20.8. The molecule has 2 unspecified atom stereocenters. The van der Waals surface area contributed by atoms with E-state index in [2.05, 4.69) is 54.1 Å². The van der Waals surface area contributed by atoms with Gasteiger partial charge in [0.1, 0.15) is 29.5 Å². The molecule has 0 bridgehead atoms. The number of hydrogen-bond acceptors (Lipinski definition) is 14. The topological polar surface area (TPSA) is 218 Å². The lowest BCUT2D eigenvalue weighted by atomic mass is 9.93. The molecular formula is C66H96N3O13PS. The van der Waals surface area contributed by atoms with Crippen LogP contribution in [0.5, 0.6) is 5.75 Å². The number of carbonyl (C=O) groups is 4. The summed E-state index contributed by atoms with van der Waals surface area (Å²) in [7, 11) is -2.92. The Morgan fingerprint density at radius 2 is 1.21 bits per heavy atom. The maximum atomic E-state index is 13.4. The molecule has 16 nitrogen and oxygen atoms in total. The number of rotatable bonds is 47. The SMILES string of the molecule is CCCC/C=C/CCCCCCCC(=O)OCC(COP(=O)(OC)OCCCC(=O)CCCCC(=O)NCCCCCNC(=S)Nc1ccc(-c2c3ccc(=O)cc-3oc3cc(O)ccc23)cc1)OC(=O)CCCCCCC/C=C/CCCC. The Bertz CT molecular complexity index is 2690. The molecule has 1 aliphatic carbocycles. The number of carbonyl (C=O) groups excluding carboxylic acids is 4. The van der Waals surface area contributed by atoms with E-state index in [0.29, 0.717) is 68.1 Å². The first kappa shape index (κ1) is 70.8. The molecule has 464 valence electrons. The maximum absolute atomic E-state index is 13.4. The number of unbranched alkanes of at least 4 members (excludes halogenated alkanes) is 17. The van der Waals surface area contributed by atoms with Gasteiger partial charge in [-0.2, -0.15) is 0 Å². The third kappa shape index (κ3) is 30.4. The zero-order valence-corrected chi connectivity index (χ0v) is 52.1. The van der Waals surface area contributed by atoms with E-state index < -0.39 is 25.9 Å². The lowest BCUT2D eigenvalue weighted by Crippen LogP contribution is -2.29. The quantitative estimate of drug-likeness (QED) is 0.00807. The molecule has 0 aromatic heterocycles. The van der Waals surface area contributed by atoms with Gasteiger partial charge in [-0.05, 0) is 144 Å². The highest BCUT2D eigenvalue weighted by Gasteiger charge is 2.29. The fourth-order valence-corrected chi connectivity index (χ4v) is 10.6. The number of nitrogens with one attached hydrogen (secondary N) is 3. The normalized spacial score (nSPS) is 12.7. The second-order valence-electron chi connectivity index (χ2n) is 21.4. The van der Waals surface area contributed by atoms with E-state index in [1.807, 2.05) is 24.3 Å². The summed E-state index contributed by atoms with van der Waals surface area (Å²) in [6.07, 6.45) is 32.1. The molecule has 2 aliphatic rings. The van der Waals surface area contributed by atoms with Gasteiger partial charge >= 0.3 is 19.8 Å². The predicted octanol–water partition coefficient (Wildman–Crippen LogP) is 15.9. The van der Waals surface area contributed by atoms with Crippen molar-refractivity contribution in [3.63, 3.8) is 0 Å². The highest BCUT2D eigenvalue weighted by molar-refractivity contribution is 7.80. The number of phosphoric acid groups is 1. The number of benzene rings is 3. The van der Waals surface area contributed by atoms with E-state index in [1.165, 1.54) is 51.0 Å². The fourth-order valence-electron chi connectivity index (χ4n) is 9.36. The van der Waals surface area contributed by atoms with E-state index in [9.17, 15) is 33.6 Å². The Morgan fingerprint density at radius 1 is 0.631 bits per heavy atom. The minimum Gasteiger partial charge on any atom is -0.508 e. The van der Waals surface area contributed by atoms with Gasteiger partial charge in [0.15, 0.2) is 16.6 Å². The molecule has 2 atom stereocenters. The molecule has 2 aromatic carbocycles. The van der Waals surface area contributed by atoms with Crippen LogP contribution in [0.4, 0.5) is 5.69 Å². The first-order chi connectivity index (χ1) is 40.8. The highest BCUT2D eigenvalue weighted by Crippen LogP contribution is 2.49. The van der Waals surface area contributed by atoms with Gasteiger partial charge in [-0.25, -0.2) is 4.57 Å². The summed E-state index contributed by atoms with van der Waals surface area (Å²) in [6, 6.07) is 17.4. The summed E-state index contributed by atoms with van der Waals surface area (Å²) in [5.41, 5.74) is 3.69. The number of aromatic hydroxyl groups is 1. The number of thiocarbonyl (C=S) groups is 1. The number of hydrogen-bond donors (Lipinski definition) is 4. The van der Waals surface area contributed by atoms with Gasteiger partial charge in [0.25, 0.3) is 0 Å². The molecule has 4 rings (SSSR count). The predicted molar refractivity (Wildman–Crippen MR) is 339 cm³/mol. The second-order valence-corrected chi connectivity index (χ2v) is 23.6. The summed E-state index contributed by atoms with van der Waals surface area (Å²) in [5.74, 6) is -0.424. The molecule has 18 heteroatoms. The third-order valence-corrected chi connectivity index (χ3v) is 15.8. The van der Waals surface area contributed by atoms with Crippen molar-refractivity contribution in [1.82, 2.24) is 10.6 Å². The van der Waals surface area contributed by atoms with Crippen molar-refractivity contribution in [2.45, 2.75) is 206 Å². The van der Waals surface area contributed by atoms with Crippen LogP contribution in [0, 0.1) is 0 Å². The zero-order chi connectivity index (χ0) is 60.5. The second kappa shape index (κ2) is 43.0. The molecule has 1 aliphatic heterocycles. The number of amides is 1. The molecule has 0 fully saturated rings. The number of ether oxygens (including phenoxy) is 2. The molecule has 84 heavy (non-hydrogen) atoms. The molecule has 1 amide bonds. The van der Waals surface area contributed by atoms with Crippen molar-refractivity contribution < 1.29 is 56.3 Å². The van der Waals surface area contributed by atoms with Crippen LogP contribution in [0.1, 0.15) is 200 Å². The minimum atomic E-state index is -4.11. The number of fused-ring (bicyclic) bond motifs is 2. The van der Waals surface area contributed by atoms with Gasteiger partial charge in [-0.1, -0.05) is 114 Å². The summed E-state index contributed by atoms with van der Waals surface area (Å²) >= 11 is 5.53. The Morgan fingerprint density at radius 3 is 1.88 bits per heavy atom.